The van der Waals surface area contributed by atoms with E-state index in [1.54, 1.807) is 0 Å². The fraction of sp³-hybridized carbons (Fsp3) is 0.400. The second kappa shape index (κ2) is 7.12. The summed E-state index contributed by atoms with van der Waals surface area (Å²) < 4.78 is 18.4. The number of hydrogen-bond donors (Lipinski definition) is 1. The molecule has 6 nitrogen and oxygen atoms in total. The van der Waals surface area contributed by atoms with Crippen molar-refractivity contribution in [2.24, 2.45) is 0 Å². The fourth-order valence-corrected chi connectivity index (χ4v) is 3.13. The summed E-state index contributed by atoms with van der Waals surface area (Å²) in [5.74, 6) is -0.684. The monoisotopic (exact) mass is 336 g/mol. The van der Waals surface area contributed by atoms with E-state index in [1.165, 1.54) is 35.6 Å². The molecule has 1 saturated heterocycles. The maximum Gasteiger partial charge on any atom is 0.286 e. The molecule has 122 valence electrons. The summed E-state index contributed by atoms with van der Waals surface area (Å²) in [5.41, 5.74) is 0.523. The van der Waals surface area contributed by atoms with Crippen molar-refractivity contribution in [3.8, 4) is 0 Å². The third-order valence-electron chi connectivity index (χ3n) is 3.45. The second-order valence-corrected chi connectivity index (χ2v) is 6.44. The number of nitrogens with zero attached hydrogens (tertiary/aromatic N) is 3. The Morgan fingerprint density at radius 1 is 1.43 bits per heavy atom. The first-order chi connectivity index (χ1) is 11.1. The van der Waals surface area contributed by atoms with Crippen molar-refractivity contribution in [1.29, 1.82) is 0 Å². The van der Waals surface area contributed by atoms with Crippen molar-refractivity contribution in [3.05, 3.63) is 40.1 Å². The molecule has 1 N–H and O–H groups in total. The number of rotatable bonds is 4. The molecule has 1 aromatic carbocycles. The van der Waals surface area contributed by atoms with E-state index in [9.17, 15) is 9.18 Å². The highest BCUT2D eigenvalue weighted by molar-refractivity contribution is 7.13. The minimum Gasteiger partial charge on any atom is -0.376 e. The number of halogens is 1. The summed E-state index contributed by atoms with van der Waals surface area (Å²) >= 11 is 1.27. The molecule has 1 aromatic heterocycles. The number of benzene rings is 1. The molecule has 1 aliphatic rings. The van der Waals surface area contributed by atoms with Crippen LogP contribution >= 0.6 is 11.3 Å². The number of aromatic nitrogens is 2. The number of amides is 1. The van der Waals surface area contributed by atoms with Gasteiger partial charge in [0.2, 0.25) is 5.01 Å². The summed E-state index contributed by atoms with van der Waals surface area (Å²) in [6.07, 6.45) is 0.206. The minimum atomic E-state index is -0.346. The van der Waals surface area contributed by atoms with E-state index in [0.29, 0.717) is 23.8 Å². The van der Waals surface area contributed by atoms with Gasteiger partial charge in [0.05, 0.1) is 19.3 Å². The van der Waals surface area contributed by atoms with Crippen molar-refractivity contribution in [3.63, 3.8) is 0 Å². The molecular formula is C15H17FN4O2S. The van der Waals surface area contributed by atoms with Gasteiger partial charge in [-0.2, -0.15) is 0 Å². The number of anilines is 1. The Morgan fingerprint density at radius 3 is 2.96 bits per heavy atom. The van der Waals surface area contributed by atoms with E-state index >= 15 is 0 Å². The molecule has 2 aromatic rings. The van der Waals surface area contributed by atoms with E-state index in [2.05, 4.69) is 20.4 Å². The summed E-state index contributed by atoms with van der Waals surface area (Å²) in [4.78, 5) is 14.4. The number of hydrogen-bond acceptors (Lipinski definition) is 6. The van der Waals surface area contributed by atoms with Crippen LogP contribution in [-0.2, 0) is 11.3 Å². The topological polar surface area (TPSA) is 67.4 Å². The zero-order valence-corrected chi connectivity index (χ0v) is 13.5. The maximum atomic E-state index is 12.9. The number of morpholine rings is 1. The van der Waals surface area contributed by atoms with E-state index in [4.69, 9.17) is 4.74 Å². The molecule has 1 amide bonds. The summed E-state index contributed by atoms with van der Waals surface area (Å²) in [5, 5.41) is 11.8. The average Bonchev–Trinajstić information content (AvgIpc) is 2.98. The van der Waals surface area contributed by atoms with Crippen LogP contribution in [-0.4, -0.2) is 46.8 Å². The lowest BCUT2D eigenvalue weighted by Crippen LogP contribution is -2.40. The molecule has 1 atom stereocenters. The molecule has 1 unspecified atom stereocenters. The van der Waals surface area contributed by atoms with Gasteiger partial charge in [-0.25, -0.2) is 4.39 Å². The van der Waals surface area contributed by atoms with Crippen LogP contribution in [0.3, 0.4) is 0 Å². The molecule has 3 rings (SSSR count). The number of ether oxygens (including phenoxy) is 1. The number of nitrogens with one attached hydrogen (secondary N) is 1. The molecule has 8 heteroatoms. The first-order valence-corrected chi connectivity index (χ1v) is 8.15. The number of carbonyl (C=O) groups is 1. The minimum absolute atomic E-state index is 0.206. The molecule has 0 spiro atoms. The van der Waals surface area contributed by atoms with Gasteiger partial charge in [-0.3, -0.25) is 9.69 Å². The Bertz CT molecular complexity index is 676. The van der Waals surface area contributed by atoms with Crippen LogP contribution in [0.4, 0.5) is 10.1 Å². The Hall–Kier alpha value is -1.90. The van der Waals surface area contributed by atoms with Crippen LogP contribution in [0, 0.1) is 5.82 Å². The zero-order valence-electron chi connectivity index (χ0n) is 12.7. The normalized spacial score (nSPS) is 18.8. The van der Waals surface area contributed by atoms with Crippen molar-refractivity contribution in [1.82, 2.24) is 15.1 Å². The molecule has 1 fully saturated rings. The van der Waals surface area contributed by atoms with Gasteiger partial charge in [0.15, 0.2) is 0 Å². The standard InChI is InChI=1S/C15H17FN4O2S/c1-10-8-20(6-7-22-10)9-13-18-19-15(23-13)14(21)17-12-4-2-11(16)3-5-12/h2-5,10H,6-9H2,1H3,(H,17,21). The highest BCUT2D eigenvalue weighted by Crippen LogP contribution is 2.16. The van der Waals surface area contributed by atoms with Crippen LogP contribution in [0.1, 0.15) is 21.7 Å². The van der Waals surface area contributed by atoms with Gasteiger partial charge in [0.1, 0.15) is 10.8 Å². The molecule has 0 radical (unpaired) electrons. The molecule has 0 bridgehead atoms. The highest BCUT2D eigenvalue weighted by atomic mass is 32.1. The Labute approximate surface area is 137 Å². The number of carbonyl (C=O) groups excluding carboxylic acids is 1. The van der Waals surface area contributed by atoms with Gasteiger partial charge in [-0.05, 0) is 31.2 Å². The zero-order chi connectivity index (χ0) is 16.2. The van der Waals surface area contributed by atoms with Crippen molar-refractivity contribution in [2.45, 2.75) is 19.6 Å². The smallest absolute Gasteiger partial charge is 0.286 e. The summed E-state index contributed by atoms with van der Waals surface area (Å²) in [7, 11) is 0. The van der Waals surface area contributed by atoms with Gasteiger partial charge in [0.25, 0.3) is 5.91 Å². The van der Waals surface area contributed by atoms with Gasteiger partial charge in [-0.1, -0.05) is 11.3 Å². The van der Waals surface area contributed by atoms with Crippen LogP contribution in [0.15, 0.2) is 24.3 Å². The average molecular weight is 336 g/mol. The molecule has 0 saturated carbocycles. The summed E-state index contributed by atoms with van der Waals surface area (Å²) in [6.45, 7) is 5.10. The van der Waals surface area contributed by atoms with Crippen LogP contribution in [0.25, 0.3) is 0 Å². The lowest BCUT2D eigenvalue weighted by molar-refractivity contribution is -0.0212. The first kappa shape index (κ1) is 16.0. The predicted molar refractivity (Wildman–Crippen MR) is 85.0 cm³/mol. The van der Waals surface area contributed by atoms with Crippen molar-refractivity contribution >= 4 is 22.9 Å². The molecule has 0 aliphatic carbocycles. The van der Waals surface area contributed by atoms with Crippen molar-refractivity contribution in [2.75, 3.05) is 25.0 Å². The third-order valence-corrected chi connectivity index (χ3v) is 4.35. The van der Waals surface area contributed by atoms with Gasteiger partial charge in [0, 0.05) is 18.8 Å². The summed E-state index contributed by atoms with van der Waals surface area (Å²) in [6, 6.07) is 5.59. The Balaban J connectivity index is 1.59. The molecule has 1 aliphatic heterocycles. The first-order valence-electron chi connectivity index (χ1n) is 7.33. The van der Waals surface area contributed by atoms with Gasteiger partial charge in [-0.15, -0.1) is 10.2 Å². The lowest BCUT2D eigenvalue weighted by atomic mass is 10.3. The van der Waals surface area contributed by atoms with Crippen LogP contribution < -0.4 is 5.32 Å². The van der Waals surface area contributed by atoms with Gasteiger partial charge >= 0.3 is 0 Å². The van der Waals surface area contributed by atoms with Crippen molar-refractivity contribution < 1.29 is 13.9 Å². The highest BCUT2D eigenvalue weighted by Gasteiger charge is 2.19. The van der Waals surface area contributed by atoms with E-state index in [0.717, 1.165) is 18.1 Å². The third kappa shape index (κ3) is 4.31. The van der Waals surface area contributed by atoms with E-state index in [1.807, 2.05) is 6.92 Å². The van der Waals surface area contributed by atoms with Gasteiger partial charge < -0.3 is 10.1 Å². The van der Waals surface area contributed by atoms with E-state index in [-0.39, 0.29) is 17.8 Å². The second-order valence-electron chi connectivity index (χ2n) is 5.38. The maximum absolute atomic E-state index is 12.9. The quantitative estimate of drug-likeness (QED) is 0.927. The van der Waals surface area contributed by atoms with Crippen LogP contribution in [0.5, 0.6) is 0 Å². The molecule has 2 heterocycles. The Kier molecular flexibility index (Phi) is 4.94. The predicted octanol–water partition coefficient (Wildman–Crippen LogP) is 2.15. The van der Waals surface area contributed by atoms with E-state index < -0.39 is 0 Å². The molecule has 23 heavy (non-hydrogen) atoms. The van der Waals surface area contributed by atoms with Crippen LogP contribution in [0.2, 0.25) is 0 Å². The molecular weight excluding hydrogens is 319 g/mol. The Morgan fingerprint density at radius 2 is 2.22 bits per heavy atom. The SMILES string of the molecule is CC1CN(Cc2nnc(C(=O)Nc3ccc(F)cc3)s2)CCO1. The largest absolute Gasteiger partial charge is 0.376 e. The lowest BCUT2D eigenvalue weighted by Gasteiger charge is -2.30. The fourth-order valence-electron chi connectivity index (χ4n) is 2.35.